The van der Waals surface area contributed by atoms with Crippen LogP contribution in [0.15, 0.2) is 133 Å². The first-order valence-electron chi connectivity index (χ1n) is 14.0. The first-order chi connectivity index (χ1) is 20.8. The summed E-state index contributed by atoms with van der Waals surface area (Å²) < 4.78 is 8.91. The molecule has 1 aliphatic heterocycles. The zero-order chi connectivity index (χ0) is 27.6. The second-order valence-electron chi connectivity index (χ2n) is 10.6. The molecule has 6 aromatic carbocycles. The van der Waals surface area contributed by atoms with Crippen LogP contribution in [-0.4, -0.2) is 9.97 Å². The topological polar surface area (TPSA) is 35.0 Å². The Labute approximate surface area is 246 Å². The Morgan fingerprint density at radius 1 is 0.476 bits per heavy atom. The Morgan fingerprint density at radius 3 is 2.17 bits per heavy atom. The summed E-state index contributed by atoms with van der Waals surface area (Å²) in [5.41, 5.74) is 7.17. The van der Waals surface area contributed by atoms with E-state index in [0.717, 1.165) is 50.5 Å². The van der Waals surface area contributed by atoms with Crippen LogP contribution in [0.3, 0.4) is 0 Å². The van der Waals surface area contributed by atoms with Gasteiger partial charge in [-0.1, -0.05) is 91.0 Å². The van der Waals surface area contributed by atoms with Crippen molar-refractivity contribution in [2.24, 2.45) is 0 Å². The highest BCUT2D eigenvalue weighted by Gasteiger charge is 2.21. The van der Waals surface area contributed by atoms with Crippen LogP contribution in [0.4, 0.5) is 0 Å². The quantitative estimate of drug-likeness (QED) is 0.218. The van der Waals surface area contributed by atoms with Crippen LogP contribution in [0, 0.1) is 0 Å². The van der Waals surface area contributed by atoms with Gasteiger partial charge in [-0.25, -0.2) is 9.97 Å². The lowest BCUT2D eigenvalue weighted by Gasteiger charge is -2.22. The Balaban J connectivity index is 1.28. The summed E-state index contributed by atoms with van der Waals surface area (Å²) in [5, 5.41) is 4.82. The first-order valence-corrected chi connectivity index (χ1v) is 14.8. The fraction of sp³-hybridized carbons (Fsp3) is 0. The lowest BCUT2D eigenvalue weighted by atomic mass is 9.93. The van der Waals surface area contributed by atoms with Gasteiger partial charge in [0.25, 0.3) is 0 Å². The average molecular weight is 555 g/mol. The fourth-order valence-electron chi connectivity index (χ4n) is 6.16. The van der Waals surface area contributed by atoms with Crippen molar-refractivity contribution in [2.45, 2.75) is 0 Å². The minimum atomic E-state index is 0.709. The van der Waals surface area contributed by atoms with Crippen LogP contribution in [-0.2, 0) is 0 Å². The van der Waals surface area contributed by atoms with Gasteiger partial charge < -0.3 is 4.74 Å². The predicted octanol–water partition coefficient (Wildman–Crippen LogP) is 10.8. The van der Waals surface area contributed by atoms with Crippen molar-refractivity contribution in [3.8, 4) is 56.5 Å². The summed E-state index contributed by atoms with van der Waals surface area (Å²) in [6, 6.07) is 46.5. The molecule has 0 atom stereocenters. The Bertz CT molecular complexity index is 2330. The second-order valence-corrected chi connectivity index (χ2v) is 11.7. The van der Waals surface area contributed by atoms with E-state index in [2.05, 4.69) is 103 Å². The molecule has 42 heavy (non-hydrogen) atoms. The number of fused-ring (bicyclic) bond motifs is 5. The predicted molar refractivity (Wildman–Crippen MR) is 174 cm³/mol. The van der Waals surface area contributed by atoms with E-state index in [-0.39, 0.29) is 0 Å². The summed E-state index contributed by atoms with van der Waals surface area (Å²) >= 11 is 1.82. The van der Waals surface area contributed by atoms with E-state index in [0.29, 0.717) is 5.82 Å². The minimum Gasteiger partial charge on any atom is -0.456 e. The van der Waals surface area contributed by atoms with Crippen LogP contribution < -0.4 is 4.74 Å². The molecule has 0 saturated heterocycles. The second kappa shape index (κ2) is 9.10. The van der Waals surface area contributed by atoms with Crippen molar-refractivity contribution in [3.63, 3.8) is 0 Å². The molecule has 3 nitrogen and oxygen atoms in total. The van der Waals surface area contributed by atoms with E-state index in [4.69, 9.17) is 14.7 Å². The standard InChI is InChI=1S/C38H22N2OS/c1-2-9-24(10-3-1)38-39-30(22-31(40-38)27-15-8-18-35-37(27)28-13-4-5-17-34(28)42-35)25-19-20-32-29(21-25)26-14-6-11-23-12-7-16-33(41-32)36(23)26/h1-22H. The van der Waals surface area contributed by atoms with Crippen molar-refractivity contribution >= 4 is 42.3 Å². The number of rotatable bonds is 3. The molecule has 0 amide bonds. The number of hydrogen-bond acceptors (Lipinski definition) is 4. The van der Waals surface area contributed by atoms with Crippen LogP contribution in [0.5, 0.6) is 11.5 Å². The number of ether oxygens (including phenoxy) is 1. The first kappa shape index (κ1) is 23.4. The molecular formula is C38H22N2OS. The molecule has 0 bridgehead atoms. The summed E-state index contributed by atoms with van der Waals surface area (Å²) in [4.78, 5) is 10.3. The highest BCUT2D eigenvalue weighted by Crippen LogP contribution is 2.47. The van der Waals surface area contributed by atoms with Gasteiger partial charge in [0, 0.05) is 47.8 Å². The molecule has 4 heteroatoms. The Hall–Kier alpha value is -5.32. The molecule has 0 spiro atoms. The number of hydrogen-bond donors (Lipinski definition) is 0. The number of thiophene rings is 1. The van der Waals surface area contributed by atoms with Gasteiger partial charge in [0.1, 0.15) is 11.5 Å². The van der Waals surface area contributed by atoms with Crippen molar-refractivity contribution in [3.05, 3.63) is 133 Å². The average Bonchev–Trinajstić information content (AvgIpc) is 3.44. The summed E-state index contributed by atoms with van der Waals surface area (Å²) in [7, 11) is 0. The van der Waals surface area contributed by atoms with Crippen molar-refractivity contribution in [2.75, 3.05) is 0 Å². The van der Waals surface area contributed by atoms with Gasteiger partial charge in [-0.05, 0) is 53.4 Å². The summed E-state index contributed by atoms with van der Waals surface area (Å²) in [5.74, 6) is 2.47. The van der Waals surface area contributed by atoms with Gasteiger partial charge in [0.05, 0.1) is 11.4 Å². The molecule has 196 valence electrons. The van der Waals surface area contributed by atoms with Gasteiger partial charge in [0.2, 0.25) is 0 Å². The van der Waals surface area contributed by atoms with Crippen LogP contribution in [0.1, 0.15) is 0 Å². The third-order valence-corrected chi connectivity index (χ3v) is 9.22. The number of benzene rings is 6. The van der Waals surface area contributed by atoms with E-state index in [1.165, 1.54) is 31.1 Å². The zero-order valence-electron chi connectivity index (χ0n) is 22.4. The van der Waals surface area contributed by atoms with Gasteiger partial charge in [0.15, 0.2) is 5.82 Å². The molecule has 0 saturated carbocycles. The molecule has 2 aromatic heterocycles. The van der Waals surface area contributed by atoms with Gasteiger partial charge >= 0.3 is 0 Å². The minimum absolute atomic E-state index is 0.709. The highest BCUT2D eigenvalue weighted by atomic mass is 32.1. The Kier molecular flexibility index (Phi) is 5.07. The monoisotopic (exact) mass is 554 g/mol. The molecule has 3 heterocycles. The van der Waals surface area contributed by atoms with Crippen molar-refractivity contribution in [1.29, 1.82) is 0 Å². The van der Waals surface area contributed by atoms with Gasteiger partial charge in [-0.2, -0.15) is 0 Å². The normalized spacial score (nSPS) is 12.0. The molecule has 0 aliphatic carbocycles. The third kappa shape index (κ3) is 3.59. The molecule has 0 unspecified atom stereocenters. The highest BCUT2D eigenvalue weighted by molar-refractivity contribution is 7.25. The maximum Gasteiger partial charge on any atom is 0.160 e. The van der Waals surface area contributed by atoms with Gasteiger partial charge in [-0.15, -0.1) is 11.3 Å². The van der Waals surface area contributed by atoms with Crippen molar-refractivity contribution in [1.82, 2.24) is 9.97 Å². The van der Waals surface area contributed by atoms with E-state index in [1.807, 2.05) is 41.7 Å². The number of aromatic nitrogens is 2. The molecule has 0 radical (unpaired) electrons. The van der Waals surface area contributed by atoms with E-state index in [9.17, 15) is 0 Å². The Morgan fingerprint density at radius 2 is 1.24 bits per heavy atom. The lowest BCUT2D eigenvalue weighted by molar-refractivity contribution is 0.487. The molecule has 0 N–H and O–H groups in total. The van der Waals surface area contributed by atoms with E-state index >= 15 is 0 Å². The summed E-state index contributed by atoms with van der Waals surface area (Å²) in [6.07, 6.45) is 0. The van der Waals surface area contributed by atoms with E-state index in [1.54, 1.807) is 0 Å². The smallest absolute Gasteiger partial charge is 0.160 e. The van der Waals surface area contributed by atoms with Crippen molar-refractivity contribution < 1.29 is 4.74 Å². The van der Waals surface area contributed by atoms with Crippen LogP contribution in [0.25, 0.3) is 76.0 Å². The lowest BCUT2D eigenvalue weighted by Crippen LogP contribution is -1.99. The van der Waals surface area contributed by atoms with Crippen LogP contribution in [0.2, 0.25) is 0 Å². The largest absolute Gasteiger partial charge is 0.456 e. The molecule has 9 rings (SSSR count). The maximum atomic E-state index is 6.38. The zero-order valence-corrected chi connectivity index (χ0v) is 23.2. The fourth-order valence-corrected chi connectivity index (χ4v) is 7.29. The molecule has 1 aliphatic rings. The summed E-state index contributed by atoms with van der Waals surface area (Å²) in [6.45, 7) is 0. The molecule has 0 fully saturated rings. The van der Waals surface area contributed by atoms with E-state index < -0.39 is 0 Å². The SMILES string of the molecule is c1ccc(-c2nc(-c3ccc4c(c3)-c3cccc5cccc(c35)O4)cc(-c3cccc4sc5ccccc5c34)n2)cc1. The molecular weight excluding hydrogens is 532 g/mol. The molecule has 8 aromatic rings. The third-order valence-electron chi connectivity index (χ3n) is 8.09. The number of nitrogens with zero attached hydrogens (tertiary/aromatic N) is 2. The van der Waals surface area contributed by atoms with Gasteiger partial charge in [-0.3, -0.25) is 0 Å². The maximum absolute atomic E-state index is 6.38. The van der Waals surface area contributed by atoms with Crippen LogP contribution >= 0.6 is 11.3 Å².